The van der Waals surface area contributed by atoms with Crippen LogP contribution in [-0.4, -0.2) is 9.97 Å². The van der Waals surface area contributed by atoms with Gasteiger partial charge in [-0.2, -0.15) is 0 Å². The minimum absolute atomic E-state index is 0.980. The molecule has 0 aliphatic carbocycles. The lowest BCUT2D eigenvalue weighted by atomic mass is 10.2. The molecule has 0 saturated heterocycles. The Labute approximate surface area is 105 Å². The van der Waals surface area contributed by atoms with Gasteiger partial charge in [0.25, 0.3) is 0 Å². The van der Waals surface area contributed by atoms with Crippen molar-refractivity contribution in [2.45, 2.75) is 48.5 Å². The van der Waals surface area contributed by atoms with Crippen molar-refractivity contribution >= 4 is 11.0 Å². The van der Waals surface area contributed by atoms with E-state index in [-0.39, 0.29) is 0 Å². The van der Waals surface area contributed by atoms with E-state index in [4.69, 9.17) is 0 Å². The number of hydrogen-bond acceptors (Lipinski definition) is 2. The van der Waals surface area contributed by atoms with E-state index in [1.807, 2.05) is 47.6 Å². The number of aromatic nitrogens is 2. The van der Waals surface area contributed by atoms with E-state index in [1.165, 1.54) is 5.56 Å². The first-order valence-corrected chi connectivity index (χ1v) is 6.38. The zero-order valence-electron chi connectivity index (χ0n) is 12.1. The molecule has 94 valence electrons. The van der Waals surface area contributed by atoms with Crippen LogP contribution < -0.4 is 0 Å². The molecule has 0 fully saturated rings. The van der Waals surface area contributed by atoms with Crippen LogP contribution in [0.2, 0.25) is 0 Å². The first kappa shape index (κ1) is 15.6. The average Bonchev–Trinajstić information content (AvgIpc) is 2.36. The van der Waals surface area contributed by atoms with Gasteiger partial charge in [0.2, 0.25) is 0 Å². The van der Waals surface area contributed by atoms with Gasteiger partial charge in [-0.05, 0) is 38.5 Å². The van der Waals surface area contributed by atoms with Gasteiger partial charge in [-0.3, -0.25) is 0 Å². The second-order valence-electron chi connectivity index (χ2n) is 3.39. The largest absolute Gasteiger partial charge is 0.250 e. The minimum Gasteiger partial charge on any atom is -0.250 e. The molecule has 0 saturated carbocycles. The first-order chi connectivity index (χ1) is 8.16. The van der Waals surface area contributed by atoms with E-state index in [0.717, 1.165) is 22.4 Å². The third-order valence-corrected chi connectivity index (χ3v) is 2.23. The Hall–Kier alpha value is -1.44. The Morgan fingerprint density at radius 3 is 1.71 bits per heavy atom. The van der Waals surface area contributed by atoms with Crippen molar-refractivity contribution in [1.82, 2.24) is 9.97 Å². The third-order valence-electron chi connectivity index (χ3n) is 2.23. The molecule has 0 radical (unpaired) electrons. The van der Waals surface area contributed by atoms with Crippen molar-refractivity contribution in [3.05, 3.63) is 35.2 Å². The summed E-state index contributed by atoms with van der Waals surface area (Å²) in [4.78, 5) is 8.93. The fourth-order valence-corrected chi connectivity index (χ4v) is 1.34. The van der Waals surface area contributed by atoms with E-state index in [1.54, 1.807) is 0 Å². The lowest BCUT2D eigenvalue weighted by molar-refractivity contribution is 1.10. The van der Waals surface area contributed by atoms with E-state index in [9.17, 15) is 0 Å². The quantitative estimate of drug-likeness (QED) is 0.663. The molecule has 1 aromatic carbocycles. The van der Waals surface area contributed by atoms with Crippen LogP contribution in [0.3, 0.4) is 0 Å². The summed E-state index contributed by atoms with van der Waals surface area (Å²) in [6.07, 6.45) is 0. The molecule has 0 aliphatic heterocycles. The molecule has 2 aromatic rings. The van der Waals surface area contributed by atoms with Gasteiger partial charge in [-0.1, -0.05) is 33.8 Å². The average molecular weight is 232 g/mol. The molecule has 2 heteroatoms. The van der Waals surface area contributed by atoms with Gasteiger partial charge in [0.1, 0.15) is 0 Å². The Kier molecular flexibility index (Phi) is 7.11. The van der Waals surface area contributed by atoms with Crippen molar-refractivity contribution in [3.63, 3.8) is 0 Å². The molecule has 0 unspecified atom stereocenters. The molecule has 2 nitrogen and oxygen atoms in total. The fraction of sp³-hybridized carbons (Fsp3) is 0.467. The lowest BCUT2D eigenvalue weighted by Crippen LogP contribution is -1.93. The van der Waals surface area contributed by atoms with Gasteiger partial charge in [0.15, 0.2) is 0 Å². The molecule has 0 atom stereocenters. The molecule has 2 rings (SSSR count). The molecule has 1 heterocycles. The predicted molar refractivity (Wildman–Crippen MR) is 76.4 cm³/mol. The Balaban J connectivity index is 0.000000581. The lowest BCUT2D eigenvalue weighted by Gasteiger charge is -2.02. The molecule has 0 aliphatic rings. The first-order valence-electron chi connectivity index (χ1n) is 6.38. The van der Waals surface area contributed by atoms with Gasteiger partial charge in [-0.25, -0.2) is 9.97 Å². The van der Waals surface area contributed by atoms with E-state index >= 15 is 0 Å². The highest BCUT2D eigenvalue weighted by atomic mass is 14.8. The highest BCUT2D eigenvalue weighted by molar-refractivity contribution is 5.75. The van der Waals surface area contributed by atoms with Crippen molar-refractivity contribution in [2.75, 3.05) is 0 Å². The second-order valence-corrected chi connectivity index (χ2v) is 3.39. The van der Waals surface area contributed by atoms with Gasteiger partial charge in [0.05, 0.1) is 22.4 Å². The summed E-state index contributed by atoms with van der Waals surface area (Å²) in [5.41, 5.74) is 5.22. The summed E-state index contributed by atoms with van der Waals surface area (Å²) in [6.45, 7) is 14.0. The zero-order chi connectivity index (χ0) is 13.4. The number of fused-ring (bicyclic) bond motifs is 1. The molecular formula is C15H24N2. The van der Waals surface area contributed by atoms with Gasteiger partial charge >= 0.3 is 0 Å². The number of aryl methyl sites for hydroxylation is 3. The maximum absolute atomic E-state index is 4.47. The SMILES string of the molecule is CC.CC.Cc1ccc2nc(C)c(C)nc2c1. The smallest absolute Gasteiger partial charge is 0.0892 e. The van der Waals surface area contributed by atoms with E-state index < -0.39 is 0 Å². The summed E-state index contributed by atoms with van der Waals surface area (Å²) >= 11 is 0. The second kappa shape index (κ2) is 7.77. The summed E-state index contributed by atoms with van der Waals surface area (Å²) in [5, 5.41) is 0. The maximum atomic E-state index is 4.47. The molecule has 0 spiro atoms. The van der Waals surface area contributed by atoms with Crippen LogP contribution in [0.15, 0.2) is 18.2 Å². The van der Waals surface area contributed by atoms with Crippen LogP contribution >= 0.6 is 0 Å². The summed E-state index contributed by atoms with van der Waals surface area (Å²) < 4.78 is 0. The van der Waals surface area contributed by atoms with Gasteiger partial charge in [-0.15, -0.1) is 0 Å². The number of rotatable bonds is 0. The summed E-state index contributed by atoms with van der Waals surface area (Å²) in [6, 6.07) is 6.14. The van der Waals surface area contributed by atoms with E-state index in [2.05, 4.69) is 29.0 Å². The Bertz CT molecular complexity index is 462. The summed E-state index contributed by atoms with van der Waals surface area (Å²) in [7, 11) is 0. The van der Waals surface area contributed by atoms with Crippen LogP contribution in [0.25, 0.3) is 11.0 Å². The van der Waals surface area contributed by atoms with Crippen LogP contribution in [-0.2, 0) is 0 Å². The van der Waals surface area contributed by atoms with Crippen molar-refractivity contribution in [1.29, 1.82) is 0 Å². The molecule has 1 aromatic heterocycles. The minimum atomic E-state index is 0.980. The highest BCUT2D eigenvalue weighted by Crippen LogP contribution is 2.13. The predicted octanol–water partition coefficient (Wildman–Crippen LogP) is 4.61. The fourth-order valence-electron chi connectivity index (χ4n) is 1.34. The number of hydrogen-bond donors (Lipinski definition) is 0. The number of nitrogens with zero attached hydrogens (tertiary/aromatic N) is 2. The van der Waals surface area contributed by atoms with Gasteiger partial charge < -0.3 is 0 Å². The standard InChI is InChI=1S/C11H12N2.2C2H6/c1-7-4-5-10-11(6-7)13-9(3)8(2)12-10;2*1-2/h4-6H,1-3H3;2*1-2H3. The number of benzene rings is 1. The van der Waals surface area contributed by atoms with Crippen LogP contribution in [0.4, 0.5) is 0 Å². The Morgan fingerprint density at radius 2 is 1.18 bits per heavy atom. The van der Waals surface area contributed by atoms with Crippen LogP contribution in [0, 0.1) is 20.8 Å². The van der Waals surface area contributed by atoms with Gasteiger partial charge in [0, 0.05) is 0 Å². The molecule has 0 N–H and O–H groups in total. The van der Waals surface area contributed by atoms with Crippen LogP contribution in [0.1, 0.15) is 44.6 Å². The molecular weight excluding hydrogens is 208 g/mol. The maximum Gasteiger partial charge on any atom is 0.0892 e. The van der Waals surface area contributed by atoms with Crippen LogP contribution in [0.5, 0.6) is 0 Å². The molecule has 0 amide bonds. The topological polar surface area (TPSA) is 25.8 Å². The van der Waals surface area contributed by atoms with Crippen molar-refractivity contribution < 1.29 is 0 Å². The third kappa shape index (κ3) is 4.14. The summed E-state index contributed by atoms with van der Waals surface area (Å²) in [5.74, 6) is 0. The Morgan fingerprint density at radius 1 is 0.706 bits per heavy atom. The normalized spacial score (nSPS) is 8.88. The highest BCUT2D eigenvalue weighted by Gasteiger charge is 2.00. The molecule has 0 bridgehead atoms. The van der Waals surface area contributed by atoms with Crippen molar-refractivity contribution in [3.8, 4) is 0 Å². The molecule has 17 heavy (non-hydrogen) atoms. The van der Waals surface area contributed by atoms with E-state index in [0.29, 0.717) is 0 Å². The monoisotopic (exact) mass is 232 g/mol. The van der Waals surface area contributed by atoms with Crippen molar-refractivity contribution in [2.24, 2.45) is 0 Å². The zero-order valence-corrected chi connectivity index (χ0v) is 12.1.